The number of nitrogens with one attached hydrogen (secondary N) is 1. The quantitative estimate of drug-likeness (QED) is 0.232. The molecule has 3 aromatic carbocycles. The Morgan fingerprint density at radius 2 is 1.71 bits per heavy atom. The van der Waals surface area contributed by atoms with Crippen molar-refractivity contribution >= 4 is 63.4 Å². The van der Waals surface area contributed by atoms with Crippen molar-refractivity contribution in [3.8, 4) is 5.75 Å². The third-order valence-corrected chi connectivity index (χ3v) is 6.35. The fourth-order valence-electron chi connectivity index (χ4n) is 4.15. The van der Waals surface area contributed by atoms with Gasteiger partial charge in [0.1, 0.15) is 11.3 Å². The van der Waals surface area contributed by atoms with Crippen molar-refractivity contribution in [3.05, 3.63) is 101 Å². The zero-order valence-electron chi connectivity index (χ0n) is 18.7. The molecule has 1 fully saturated rings. The van der Waals surface area contributed by atoms with Crippen LogP contribution in [0.25, 0.3) is 17.0 Å². The van der Waals surface area contributed by atoms with Gasteiger partial charge in [0.05, 0.1) is 12.8 Å². The monoisotopic (exact) mass is 501 g/mol. The lowest BCUT2D eigenvalue weighted by atomic mass is 10.1. The number of hydrogen-bond donors (Lipinski definition) is 1. The normalized spacial score (nSPS) is 15.1. The van der Waals surface area contributed by atoms with Gasteiger partial charge in [-0.05, 0) is 54.2 Å². The Morgan fingerprint density at radius 1 is 1.00 bits per heavy atom. The second kappa shape index (κ2) is 9.37. The molecule has 0 spiro atoms. The summed E-state index contributed by atoms with van der Waals surface area (Å²) in [6.07, 6.45) is 3.55. The average Bonchev–Trinajstić information content (AvgIpc) is 3.20. The van der Waals surface area contributed by atoms with Crippen LogP contribution in [0.4, 0.5) is 5.69 Å². The maximum absolute atomic E-state index is 13.5. The van der Waals surface area contributed by atoms with E-state index in [0.29, 0.717) is 23.0 Å². The fraction of sp³-hybridized carbons (Fsp3) is 0.0741. The van der Waals surface area contributed by atoms with Crippen molar-refractivity contribution in [3.63, 3.8) is 0 Å². The van der Waals surface area contributed by atoms with Crippen molar-refractivity contribution in [2.45, 2.75) is 6.54 Å². The third-order valence-electron chi connectivity index (χ3n) is 5.81. The SMILES string of the molecule is COc1ccccc1N1C(=O)/C(=C/c2cn(Cc3ccc(Cl)cc3)c3ccccc23)C(=O)NC1=S. The first-order valence-corrected chi connectivity index (χ1v) is 11.6. The Kier molecular flexibility index (Phi) is 6.11. The number of para-hydroxylation sites is 3. The summed E-state index contributed by atoms with van der Waals surface area (Å²) < 4.78 is 7.49. The topological polar surface area (TPSA) is 63.6 Å². The molecule has 1 N–H and O–H groups in total. The molecule has 2 amide bonds. The number of anilines is 1. The molecule has 0 radical (unpaired) electrons. The Bertz CT molecular complexity index is 1510. The van der Waals surface area contributed by atoms with E-state index in [0.717, 1.165) is 22.0 Å². The molecule has 4 aromatic rings. The number of thiocarbonyl (C=S) groups is 1. The molecule has 0 unspecified atom stereocenters. The molecular weight excluding hydrogens is 482 g/mol. The minimum atomic E-state index is -0.541. The van der Waals surface area contributed by atoms with Gasteiger partial charge in [0.25, 0.3) is 11.8 Å². The van der Waals surface area contributed by atoms with E-state index in [2.05, 4.69) is 9.88 Å². The molecule has 5 rings (SSSR count). The summed E-state index contributed by atoms with van der Waals surface area (Å²) in [5.74, 6) is -0.586. The standard InChI is InChI=1S/C27H20ClN3O3S/c1-34-24-9-5-4-8-23(24)31-26(33)21(25(32)29-27(31)35)14-18-16-30(22-7-3-2-6-20(18)22)15-17-10-12-19(28)13-11-17/h2-14,16H,15H2,1H3,(H,29,32,35)/b21-14+. The zero-order chi connectivity index (χ0) is 24.5. The molecule has 0 aliphatic carbocycles. The minimum absolute atomic E-state index is 0.00631. The van der Waals surface area contributed by atoms with E-state index in [1.165, 1.54) is 12.0 Å². The van der Waals surface area contributed by atoms with Gasteiger partial charge >= 0.3 is 0 Å². The first kappa shape index (κ1) is 22.8. The molecule has 2 heterocycles. The van der Waals surface area contributed by atoms with Crippen LogP contribution in [-0.2, 0) is 16.1 Å². The summed E-state index contributed by atoms with van der Waals surface area (Å²) in [4.78, 5) is 27.7. The van der Waals surface area contributed by atoms with Crippen LogP contribution >= 0.6 is 23.8 Å². The van der Waals surface area contributed by atoms with Crippen LogP contribution in [0.1, 0.15) is 11.1 Å². The second-order valence-corrected chi connectivity index (χ2v) is 8.81. The zero-order valence-corrected chi connectivity index (χ0v) is 20.3. The lowest BCUT2D eigenvalue weighted by Gasteiger charge is -2.29. The van der Waals surface area contributed by atoms with Crippen molar-refractivity contribution in [2.24, 2.45) is 0 Å². The molecule has 8 heteroatoms. The molecule has 6 nitrogen and oxygen atoms in total. The van der Waals surface area contributed by atoms with Gasteiger partial charge in [0, 0.05) is 34.2 Å². The first-order valence-electron chi connectivity index (χ1n) is 10.8. The number of ether oxygens (including phenoxy) is 1. The first-order chi connectivity index (χ1) is 17.0. The van der Waals surface area contributed by atoms with Gasteiger partial charge < -0.3 is 9.30 Å². The third kappa shape index (κ3) is 4.32. The number of nitrogens with zero attached hydrogens (tertiary/aromatic N) is 2. The summed E-state index contributed by atoms with van der Waals surface area (Å²) in [6.45, 7) is 0.610. The predicted molar refractivity (Wildman–Crippen MR) is 142 cm³/mol. The summed E-state index contributed by atoms with van der Waals surface area (Å²) in [5, 5.41) is 4.24. The average molecular weight is 502 g/mol. The van der Waals surface area contributed by atoms with Crippen molar-refractivity contribution in [1.82, 2.24) is 9.88 Å². The van der Waals surface area contributed by atoms with Crippen molar-refractivity contribution < 1.29 is 14.3 Å². The fourth-order valence-corrected chi connectivity index (χ4v) is 4.55. The van der Waals surface area contributed by atoms with Crippen LogP contribution in [0.2, 0.25) is 5.02 Å². The smallest absolute Gasteiger partial charge is 0.270 e. The number of aromatic nitrogens is 1. The van der Waals surface area contributed by atoms with Gasteiger partial charge in [-0.3, -0.25) is 14.9 Å². The van der Waals surface area contributed by atoms with E-state index in [1.54, 1.807) is 30.3 Å². The van der Waals surface area contributed by atoms with Gasteiger partial charge in [0.15, 0.2) is 5.11 Å². The van der Waals surface area contributed by atoms with E-state index >= 15 is 0 Å². The maximum atomic E-state index is 13.5. The highest BCUT2D eigenvalue weighted by Crippen LogP contribution is 2.32. The summed E-state index contributed by atoms with van der Waals surface area (Å²) in [7, 11) is 1.52. The molecule has 1 aliphatic rings. The van der Waals surface area contributed by atoms with E-state index in [9.17, 15) is 9.59 Å². The number of amides is 2. The number of hydrogen-bond acceptors (Lipinski definition) is 4. The Balaban J connectivity index is 1.57. The molecule has 0 atom stereocenters. The number of benzene rings is 3. The highest BCUT2D eigenvalue weighted by molar-refractivity contribution is 7.80. The number of fused-ring (bicyclic) bond motifs is 1. The van der Waals surface area contributed by atoms with Crippen LogP contribution in [0.3, 0.4) is 0 Å². The van der Waals surface area contributed by atoms with Crippen LogP contribution in [0.15, 0.2) is 84.6 Å². The summed E-state index contributed by atoms with van der Waals surface area (Å²) >= 11 is 11.4. The van der Waals surface area contributed by atoms with E-state index in [4.69, 9.17) is 28.6 Å². The molecular formula is C27H20ClN3O3S. The molecule has 1 saturated heterocycles. The lowest BCUT2D eigenvalue weighted by Crippen LogP contribution is -2.54. The van der Waals surface area contributed by atoms with Gasteiger partial charge in [-0.25, -0.2) is 4.90 Å². The van der Waals surface area contributed by atoms with E-state index < -0.39 is 11.8 Å². The minimum Gasteiger partial charge on any atom is -0.495 e. The Labute approximate surface area is 212 Å². The number of halogens is 1. The molecule has 1 aromatic heterocycles. The number of rotatable bonds is 5. The molecule has 0 bridgehead atoms. The molecule has 35 heavy (non-hydrogen) atoms. The van der Waals surface area contributed by atoms with Crippen molar-refractivity contribution in [1.29, 1.82) is 0 Å². The maximum Gasteiger partial charge on any atom is 0.270 e. The van der Waals surface area contributed by atoms with Crippen molar-refractivity contribution in [2.75, 3.05) is 12.0 Å². The number of methoxy groups -OCH3 is 1. The van der Waals surface area contributed by atoms with Gasteiger partial charge in [0.2, 0.25) is 0 Å². The van der Waals surface area contributed by atoms with Crippen LogP contribution in [0, 0.1) is 0 Å². The largest absolute Gasteiger partial charge is 0.495 e. The Morgan fingerprint density at radius 3 is 2.49 bits per heavy atom. The van der Waals surface area contributed by atoms with E-state index in [1.807, 2.05) is 54.7 Å². The van der Waals surface area contributed by atoms with E-state index in [-0.39, 0.29) is 10.7 Å². The highest BCUT2D eigenvalue weighted by Gasteiger charge is 2.36. The van der Waals surface area contributed by atoms with Gasteiger partial charge in [-0.1, -0.05) is 54.1 Å². The van der Waals surface area contributed by atoms with Crippen LogP contribution in [0.5, 0.6) is 5.75 Å². The summed E-state index contributed by atoms with van der Waals surface area (Å²) in [5.41, 5.74) is 3.25. The van der Waals surface area contributed by atoms with Gasteiger partial charge in [-0.2, -0.15) is 0 Å². The molecule has 0 saturated carbocycles. The summed E-state index contributed by atoms with van der Waals surface area (Å²) in [6, 6.07) is 22.5. The molecule has 174 valence electrons. The highest BCUT2D eigenvalue weighted by atomic mass is 35.5. The number of carbonyl (C=O) groups excluding carboxylic acids is 2. The Hall–Kier alpha value is -3.94. The molecule has 1 aliphatic heterocycles. The van der Waals surface area contributed by atoms with Gasteiger partial charge in [-0.15, -0.1) is 0 Å². The van der Waals surface area contributed by atoms with Crippen LogP contribution < -0.4 is 15.0 Å². The number of carbonyl (C=O) groups is 2. The second-order valence-electron chi connectivity index (χ2n) is 7.99. The van der Waals surface area contributed by atoms with Crippen LogP contribution in [-0.4, -0.2) is 28.6 Å². The predicted octanol–water partition coefficient (Wildman–Crippen LogP) is 5.18. The lowest BCUT2D eigenvalue weighted by molar-refractivity contribution is -0.122.